The predicted molar refractivity (Wildman–Crippen MR) is 96.9 cm³/mol. The van der Waals surface area contributed by atoms with Crippen molar-refractivity contribution in [3.05, 3.63) is 71.6 Å². The lowest BCUT2D eigenvalue weighted by molar-refractivity contribution is 0.497. The van der Waals surface area contributed by atoms with Crippen LogP contribution in [0.5, 0.6) is 0 Å². The summed E-state index contributed by atoms with van der Waals surface area (Å²) in [4.78, 5) is 0. The van der Waals surface area contributed by atoms with Crippen molar-refractivity contribution >= 4 is 0 Å². The van der Waals surface area contributed by atoms with Gasteiger partial charge in [-0.2, -0.15) is 0 Å². The summed E-state index contributed by atoms with van der Waals surface area (Å²) in [5.41, 5.74) is 3.77. The summed E-state index contributed by atoms with van der Waals surface area (Å²) in [7, 11) is 0. The fraction of sp³-hybridized carbons (Fsp3) is 0.333. The molecular weight excluding hydrogens is 296 g/mol. The van der Waals surface area contributed by atoms with Crippen LogP contribution in [-0.4, -0.2) is 10.2 Å². The Labute approximate surface area is 143 Å². The summed E-state index contributed by atoms with van der Waals surface area (Å²) in [5, 5.41) is 8.37. The molecule has 0 fully saturated rings. The van der Waals surface area contributed by atoms with Gasteiger partial charge in [-0.25, -0.2) is 0 Å². The van der Waals surface area contributed by atoms with Crippen LogP contribution in [-0.2, 0) is 18.3 Å². The van der Waals surface area contributed by atoms with Crippen LogP contribution in [0.15, 0.2) is 59.0 Å². The number of nitrogens with zero attached hydrogens (tertiary/aromatic N) is 2. The van der Waals surface area contributed by atoms with Crippen LogP contribution in [0.2, 0.25) is 0 Å². The van der Waals surface area contributed by atoms with Crippen molar-refractivity contribution < 1.29 is 4.42 Å². The maximum atomic E-state index is 5.81. The van der Waals surface area contributed by atoms with Gasteiger partial charge in [0.1, 0.15) is 0 Å². The van der Waals surface area contributed by atoms with E-state index >= 15 is 0 Å². The average Bonchev–Trinajstić information content (AvgIpc) is 3.04. The Hall–Kier alpha value is -2.42. The molecule has 0 aliphatic carbocycles. The van der Waals surface area contributed by atoms with Gasteiger partial charge in [0.25, 0.3) is 0 Å². The number of benzene rings is 2. The molecular formula is C21H24N2O. The Kier molecular flexibility index (Phi) is 4.79. The third-order valence-corrected chi connectivity index (χ3v) is 4.16. The number of hydrogen-bond acceptors (Lipinski definition) is 3. The zero-order valence-corrected chi connectivity index (χ0v) is 14.6. The lowest BCUT2D eigenvalue weighted by Crippen LogP contribution is -2.10. The van der Waals surface area contributed by atoms with Crippen molar-refractivity contribution in [1.82, 2.24) is 10.2 Å². The Morgan fingerprint density at radius 3 is 2.21 bits per heavy atom. The zero-order chi connectivity index (χ0) is 17.0. The first kappa shape index (κ1) is 16.4. The predicted octanol–water partition coefficient (Wildman–Crippen LogP) is 5.21. The number of rotatable bonds is 5. The second-order valence-electron chi connectivity index (χ2n) is 7.17. The second kappa shape index (κ2) is 7.00. The van der Waals surface area contributed by atoms with Crippen LogP contribution in [0.4, 0.5) is 0 Å². The third-order valence-electron chi connectivity index (χ3n) is 4.16. The van der Waals surface area contributed by atoms with Crippen molar-refractivity contribution in [2.24, 2.45) is 0 Å². The third kappa shape index (κ3) is 4.10. The standard InChI is InChI=1S/C21H24N2O/c1-21(2,3)18-14-12-17(13-15-18)20-23-22-19(24-20)11-7-10-16-8-5-4-6-9-16/h4-6,8-9,12-15H,7,10-11H2,1-3H3. The van der Waals surface area contributed by atoms with E-state index in [1.807, 2.05) is 6.07 Å². The first-order valence-electron chi connectivity index (χ1n) is 8.49. The number of hydrogen-bond donors (Lipinski definition) is 0. The van der Waals surface area contributed by atoms with Gasteiger partial charge in [-0.15, -0.1) is 10.2 Å². The SMILES string of the molecule is CC(C)(C)c1ccc(-c2nnc(CCCc3ccccc3)o2)cc1. The molecule has 1 heterocycles. The van der Waals surface area contributed by atoms with E-state index in [0.717, 1.165) is 24.8 Å². The molecule has 0 aliphatic rings. The molecule has 124 valence electrons. The first-order chi connectivity index (χ1) is 11.5. The second-order valence-corrected chi connectivity index (χ2v) is 7.17. The lowest BCUT2D eigenvalue weighted by Gasteiger charge is -2.18. The maximum absolute atomic E-state index is 5.81. The normalized spacial score (nSPS) is 11.6. The van der Waals surface area contributed by atoms with Gasteiger partial charge in [0.2, 0.25) is 11.8 Å². The Morgan fingerprint density at radius 1 is 0.833 bits per heavy atom. The van der Waals surface area contributed by atoms with E-state index in [0.29, 0.717) is 11.8 Å². The molecule has 3 nitrogen and oxygen atoms in total. The highest BCUT2D eigenvalue weighted by Crippen LogP contribution is 2.25. The van der Waals surface area contributed by atoms with Crippen LogP contribution in [0.25, 0.3) is 11.5 Å². The smallest absolute Gasteiger partial charge is 0.247 e. The highest BCUT2D eigenvalue weighted by atomic mass is 16.4. The van der Waals surface area contributed by atoms with Gasteiger partial charge in [0.15, 0.2) is 0 Å². The largest absolute Gasteiger partial charge is 0.421 e. The molecule has 0 saturated carbocycles. The van der Waals surface area contributed by atoms with Crippen molar-refractivity contribution in [3.8, 4) is 11.5 Å². The lowest BCUT2D eigenvalue weighted by atomic mass is 9.87. The fourth-order valence-corrected chi connectivity index (χ4v) is 2.67. The summed E-state index contributed by atoms with van der Waals surface area (Å²) in [6.07, 6.45) is 2.84. The molecule has 0 spiro atoms. The fourth-order valence-electron chi connectivity index (χ4n) is 2.67. The molecule has 0 bridgehead atoms. The molecule has 0 aliphatic heterocycles. The van der Waals surface area contributed by atoms with Gasteiger partial charge >= 0.3 is 0 Å². The maximum Gasteiger partial charge on any atom is 0.247 e. The van der Waals surface area contributed by atoms with Gasteiger partial charge in [0.05, 0.1) is 0 Å². The molecule has 2 aromatic carbocycles. The topological polar surface area (TPSA) is 38.9 Å². The summed E-state index contributed by atoms with van der Waals surface area (Å²) in [6.45, 7) is 6.62. The molecule has 0 radical (unpaired) electrons. The van der Waals surface area contributed by atoms with Crippen molar-refractivity contribution in [2.45, 2.75) is 45.4 Å². The molecule has 3 heteroatoms. The molecule has 24 heavy (non-hydrogen) atoms. The average molecular weight is 320 g/mol. The summed E-state index contributed by atoms with van der Waals surface area (Å²) < 4.78 is 5.81. The molecule has 3 aromatic rings. The molecule has 1 aromatic heterocycles. The summed E-state index contributed by atoms with van der Waals surface area (Å²) >= 11 is 0. The van der Waals surface area contributed by atoms with Crippen molar-refractivity contribution in [2.75, 3.05) is 0 Å². The van der Waals surface area contributed by atoms with E-state index < -0.39 is 0 Å². The van der Waals surface area contributed by atoms with Gasteiger partial charge < -0.3 is 4.42 Å². The van der Waals surface area contributed by atoms with E-state index in [-0.39, 0.29) is 5.41 Å². The Balaban J connectivity index is 1.61. The van der Waals surface area contributed by atoms with Crippen LogP contribution in [0.3, 0.4) is 0 Å². The first-order valence-corrected chi connectivity index (χ1v) is 8.49. The van der Waals surface area contributed by atoms with Crippen LogP contribution in [0.1, 0.15) is 44.2 Å². The molecule has 0 saturated heterocycles. The van der Waals surface area contributed by atoms with E-state index in [1.165, 1.54) is 11.1 Å². The summed E-state index contributed by atoms with van der Waals surface area (Å²) in [6, 6.07) is 18.9. The van der Waals surface area contributed by atoms with Crippen LogP contribution >= 0.6 is 0 Å². The Bertz CT molecular complexity index is 768. The van der Waals surface area contributed by atoms with E-state index in [4.69, 9.17) is 4.42 Å². The molecule has 0 atom stereocenters. The molecule has 0 N–H and O–H groups in total. The minimum absolute atomic E-state index is 0.149. The van der Waals surface area contributed by atoms with Crippen molar-refractivity contribution in [1.29, 1.82) is 0 Å². The summed E-state index contributed by atoms with van der Waals surface area (Å²) in [5.74, 6) is 1.31. The number of aryl methyl sites for hydroxylation is 2. The van der Waals surface area contributed by atoms with E-state index in [1.54, 1.807) is 0 Å². The number of aromatic nitrogens is 2. The monoisotopic (exact) mass is 320 g/mol. The highest BCUT2D eigenvalue weighted by Gasteiger charge is 2.14. The Morgan fingerprint density at radius 2 is 1.54 bits per heavy atom. The van der Waals surface area contributed by atoms with Gasteiger partial charge in [0, 0.05) is 12.0 Å². The van der Waals surface area contributed by atoms with Crippen LogP contribution in [0, 0.1) is 0 Å². The minimum Gasteiger partial charge on any atom is -0.421 e. The quantitative estimate of drug-likeness (QED) is 0.648. The van der Waals surface area contributed by atoms with Crippen LogP contribution < -0.4 is 0 Å². The van der Waals surface area contributed by atoms with E-state index in [9.17, 15) is 0 Å². The van der Waals surface area contributed by atoms with E-state index in [2.05, 4.69) is 79.5 Å². The molecule has 0 amide bonds. The molecule has 0 unspecified atom stereocenters. The minimum atomic E-state index is 0.149. The van der Waals surface area contributed by atoms with Crippen molar-refractivity contribution in [3.63, 3.8) is 0 Å². The molecule has 3 rings (SSSR count). The van der Waals surface area contributed by atoms with Gasteiger partial charge in [-0.05, 0) is 41.5 Å². The van der Waals surface area contributed by atoms with Gasteiger partial charge in [-0.1, -0.05) is 63.2 Å². The highest BCUT2D eigenvalue weighted by molar-refractivity contribution is 5.53. The zero-order valence-electron chi connectivity index (χ0n) is 14.6. The van der Waals surface area contributed by atoms with Gasteiger partial charge in [-0.3, -0.25) is 0 Å².